The van der Waals surface area contributed by atoms with Crippen LogP contribution >= 0.6 is 15.9 Å². The van der Waals surface area contributed by atoms with Gasteiger partial charge in [-0.05, 0) is 31.0 Å². The number of nitrogens with zero attached hydrogens (tertiary/aromatic N) is 2. The molecule has 0 saturated carbocycles. The van der Waals surface area contributed by atoms with Gasteiger partial charge in [0.25, 0.3) is 0 Å². The predicted octanol–water partition coefficient (Wildman–Crippen LogP) is 3.31. The quantitative estimate of drug-likeness (QED) is 0.941. The largest absolute Gasteiger partial charge is 0.381 e. The van der Waals surface area contributed by atoms with Gasteiger partial charge < -0.3 is 5.11 Å². The van der Waals surface area contributed by atoms with Gasteiger partial charge in [0.05, 0.1) is 6.20 Å². The zero-order valence-corrected chi connectivity index (χ0v) is 12.2. The molecule has 2 rings (SSSR count). The van der Waals surface area contributed by atoms with Crippen molar-refractivity contribution in [3.8, 4) is 0 Å². The highest BCUT2D eigenvalue weighted by atomic mass is 79.9. The minimum absolute atomic E-state index is 0.814. The molecule has 1 unspecified atom stereocenters. The van der Waals surface area contributed by atoms with Crippen molar-refractivity contribution in [2.75, 3.05) is 0 Å². The van der Waals surface area contributed by atoms with Crippen LogP contribution < -0.4 is 0 Å². The number of hydrogen-bond acceptors (Lipinski definition) is 2. The van der Waals surface area contributed by atoms with Crippen LogP contribution in [-0.4, -0.2) is 14.9 Å². The minimum atomic E-state index is -1.02. The summed E-state index contributed by atoms with van der Waals surface area (Å²) in [5.41, 5.74) is 0.650. The van der Waals surface area contributed by atoms with E-state index >= 15 is 0 Å². The fourth-order valence-electron chi connectivity index (χ4n) is 1.92. The van der Waals surface area contributed by atoms with Crippen molar-refractivity contribution in [1.82, 2.24) is 9.78 Å². The van der Waals surface area contributed by atoms with Crippen molar-refractivity contribution in [2.45, 2.75) is 32.4 Å². The van der Waals surface area contributed by atoms with Gasteiger partial charge in [-0.25, -0.2) is 0 Å². The summed E-state index contributed by atoms with van der Waals surface area (Å²) in [6.45, 7) is 4.77. The van der Waals surface area contributed by atoms with Gasteiger partial charge in [0.15, 0.2) is 0 Å². The second-order valence-electron chi connectivity index (χ2n) is 4.57. The van der Waals surface area contributed by atoms with E-state index in [2.05, 4.69) is 28.0 Å². The van der Waals surface area contributed by atoms with Crippen LogP contribution in [0.15, 0.2) is 41.1 Å². The molecule has 96 valence electrons. The van der Waals surface area contributed by atoms with Crippen LogP contribution in [-0.2, 0) is 12.1 Å². The van der Waals surface area contributed by atoms with E-state index in [0.717, 1.165) is 28.6 Å². The first-order valence-electron chi connectivity index (χ1n) is 6.05. The molecule has 3 nitrogen and oxygen atoms in total. The number of benzene rings is 1. The monoisotopic (exact) mass is 308 g/mol. The van der Waals surface area contributed by atoms with Crippen LogP contribution in [0.4, 0.5) is 0 Å². The topological polar surface area (TPSA) is 38.0 Å². The number of hydrogen-bond donors (Lipinski definition) is 1. The molecule has 1 atom stereocenters. The summed E-state index contributed by atoms with van der Waals surface area (Å²) in [6, 6.07) is 7.71. The Kier molecular flexibility index (Phi) is 3.88. The van der Waals surface area contributed by atoms with Gasteiger partial charge in [0.1, 0.15) is 5.60 Å². The van der Waals surface area contributed by atoms with E-state index in [1.807, 2.05) is 35.1 Å². The van der Waals surface area contributed by atoms with Crippen molar-refractivity contribution < 1.29 is 5.11 Å². The predicted molar refractivity (Wildman–Crippen MR) is 75.3 cm³/mol. The molecular weight excluding hydrogens is 292 g/mol. The molecule has 1 aromatic carbocycles. The van der Waals surface area contributed by atoms with Crippen LogP contribution in [0.25, 0.3) is 0 Å². The number of aliphatic hydroxyl groups is 1. The number of halogens is 1. The molecule has 1 N–H and O–H groups in total. The third kappa shape index (κ3) is 2.65. The Labute approximate surface area is 116 Å². The van der Waals surface area contributed by atoms with Crippen LogP contribution in [0, 0.1) is 0 Å². The molecule has 0 fully saturated rings. The molecule has 18 heavy (non-hydrogen) atoms. The lowest BCUT2D eigenvalue weighted by Crippen LogP contribution is -2.22. The summed E-state index contributed by atoms with van der Waals surface area (Å²) in [4.78, 5) is 0. The van der Waals surface area contributed by atoms with E-state index in [1.54, 1.807) is 13.1 Å². The van der Waals surface area contributed by atoms with Crippen LogP contribution in [0.3, 0.4) is 0 Å². The average Bonchev–Trinajstić information content (AvgIpc) is 2.79. The van der Waals surface area contributed by atoms with E-state index in [0.29, 0.717) is 0 Å². The molecule has 0 bridgehead atoms. The summed E-state index contributed by atoms with van der Waals surface area (Å²) in [7, 11) is 0. The minimum Gasteiger partial charge on any atom is -0.381 e. The van der Waals surface area contributed by atoms with Crippen LogP contribution in [0.1, 0.15) is 31.4 Å². The molecule has 1 aromatic heterocycles. The average molecular weight is 309 g/mol. The van der Waals surface area contributed by atoms with E-state index in [9.17, 15) is 5.11 Å². The van der Waals surface area contributed by atoms with E-state index < -0.39 is 5.60 Å². The first kappa shape index (κ1) is 13.3. The molecule has 0 amide bonds. The highest BCUT2D eigenvalue weighted by molar-refractivity contribution is 9.10. The zero-order valence-electron chi connectivity index (χ0n) is 10.6. The molecule has 0 aliphatic heterocycles. The molecule has 0 saturated heterocycles. The SMILES string of the molecule is CCCn1cc(C(C)(O)c2cccc(Br)c2)cn1. The smallest absolute Gasteiger partial charge is 0.115 e. The number of aromatic nitrogens is 2. The molecule has 0 radical (unpaired) electrons. The highest BCUT2D eigenvalue weighted by Crippen LogP contribution is 2.30. The van der Waals surface area contributed by atoms with Gasteiger partial charge in [-0.3, -0.25) is 4.68 Å². The van der Waals surface area contributed by atoms with E-state index in [1.165, 1.54) is 0 Å². The van der Waals surface area contributed by atoms with Crippen LogP contribution in [0.2, 0.25) is 0 Å². The lowest BCUT2D eigenvalue weighted by molar-refractivity contribution is 0.102. The summed E-state index contributed by atoms with van der Waals surface area (Å²) < 4.78 is 2.82. The molecule has 4 heteroatoms. The van der Waals surface area contributed by atoms with Gasteiger partial charge in [-0.15, -0.1) is 0 Å². The van der Waals surface area contributed by atoms with E-state index in [-0.39, 0.29) is 0 Å². The maximum atomic E-state index is 10.7. The second kappa shape index (κ2) is 5.24. The lowest BCUT2D eigenvalue weighted by atomic mass is 9.90. The third-order valence-corrected chi connectivity index (χ3v) is 3.53. The molecule has 0 spiro atoms. The van der Waals surface area contributed by atoms with Crippen molar-refractivity contribution in [3.05, 3.63) is 52.3 Å². The Bertz CT molecular complexity index is 534. The van der Waals surface area contributed by atoms with Crippen molar-refractivity contribution in [3.63, 3.8) is 0 Å². The van der Waals surface area contributed by atoms with Gasteiger partial charge >= 0.3 is 0 Å². The standard InChI is InChI=1S/C14H17BrN2O/c1-3-7-17-10-12(9-16-17)14(2,18)11-5-4-6-13(15)8-11/h4-6,8-10,18H,3,7H2,1-2H3. The molecule has 2 aromatic rings. The Balaban J connectivity index is 2.34. The van der Waals surface area contributed by atoms with Gasteiger partial charge in [-0.1, -0.05) is 35.0 Å². The second-order valence-corrected chi connectivity index (χ2v) is 5.49. The number of aryl methyl sites for hydroxylation is 1. The zero-order chi connectivity index (χ0) is 13.2. The summed E-state index contributed by atoms with van der Waals surface area (Å²) >= 11 is 3.43. The summed E-state index contributed by atoms with van der Waals surface area (Å²) in [5.74, 6) is 0. The Morgan fingerprint density at radius 3 is 2.83 bits per heavy atom. The molecule has 1 heterocycles. The first-order chi connectivity index (χ1) is 8.54. The van der Waals surface area contributed by atoms with Crippen LogP contribution in [0.5, 0.6) is 0 Å². The maximum Gasteiger partial charge on any atom is 0.115 e. The fraction of sp³-hybridized carbons (Fsp3) is 0.357. The van der Waals surface area contributed by atoms with Crippen molar-refractivity contribution in [1.29, 1.82) is 0 Å². The first-order valence-corrected chi connectivity index (χ1v) is 6.84. The van der Waals surface area contributed by atoms with Crippen molar-refractivity contribution >= 4 is 15.9 Å². The van der Waals surface area contributed by atoms with Gasteiger partial charge in [0.2, 0.25) is 0 Å². The Morgan fingerprint density at radius 2 is 2.17 bits per heavy atom. The normalized spacial score (nSPS) is 14.4. The fourth-order valence-corrected chi connectivity index (χ4v) is 2.32. The number of rotatable bonds is 4. The van der Waals surface area contributed by atoms with Gasteiger partial charge in [-0.2, -0.15) is 5.10 Å². The lowest BCUT2D eigenvalue weighted by Gasteiger charge is -2.22. The van der Waals surface area contributed by atoms with E-state index in [4.69, 9.17) is 0 Å². The highest BCUT2D eigenvalue weighted by Gasteiger charge is 2.27. The third-order valence-electron chi connectivity index (χ3n) is 3.03. The molecular formula is C14H17BrN2O. The Morgan fingerprint density at radius 1 is 1.39 bits per heavy atom. The molecule has 0 aliphatic rings. The summed E-state index contributed by atoms with van der Waals surface area (Å²) in [6.07, 6.45) is 4.67. The van der Waals surface area contributed by atoms with Crippen molar-refractivity contribution in [2.24, 2.45) is 0 Å². The Hall–Kier alpha value is -1.13. The van der Waals surface area contributed by atoms with Gasteiger partial charge in [0, 0.05) is 22.8 Å². The molecule has 0 aliphatic carbocycles. The maximum absolute atomic E-state index is 10.7. The summed E-state index contributed by atoms with van der Waals surface area (Å²) in [5, 5.41) is 15.0.